The lowest BCUT2D eigenvalue weighted by atomic mass is 9.97. The van der Waals surface area contributed by atoms with Gasteiger partial charge < -0.3 is 9.64 Å². The molecule has 6 heteroatoms. The summed E-state index contributed by atoms with van der Waals surface area (Å²) in [5, 5.41) is 6.21. The molecule has 30 heavy (non-hydrogen) atoms. The van der Waals surface area contributed by atoms with E-state index in [1.807, 2.05) is 69.3 Å². The molecule has 1 aliphatic heterocycles. The van der Waals surface area contributed by atoms with Crippen molar-refractivity contribution >= 4 is 17.5 Å². The number of carbonyl (C=O) groups excluding carboxylic acids is 2. The van der Waals surface area contributed by atoms with Crippen LogP contribution in [0.25, 0.3) is 0 Å². The molecule has 0 saturated carbocycles. The summed E-state index contributed by atoms with van der Waals surface area (Å²) in [7, 11) is 3.29. The highest BCUT2D eigenvalue weighted by atomic mass is 16.5. The molecule has 0 bridgehead atoms. The summed E-state index contributed by atoms with van der Waals surface area (Å²) in [6, 6.07) is 15.6. The lowest BCUT2D eigenvalue weighted by Gasteiger charge is -2.25. The van der Waals surface area contributed by atoms with Crippen molar-refractivity contribution in [3.05, 3.63) is 65.2 Å². The first-order valence-corrected chi connectivity index (χ1v) is 10.2. The molecule has 0 radical (unpaired) electrons. The number of nitrogens with zero attached hydrogens (tertiary/aromatic N) is 3. The minimum absolute atomic E-state index is 0.00122. The summed E-state index contributed by atoms with van der Waals surface area (Å²) >= 11 is 0. The Hall–Kier alpha value is -3.15. The molecule has 6 nitrogen and oxygen atoms in total. The molecule has 158 valence electrons. The third-order valence-corrected chi connectivity index (χ3v) is 5.29. The van der Waals surface area contributed by atoms with Gasteiger partial charge in [-0.3, -0.25) is 9.59 Å². The van der Waals surface area contributed by atoms with Gasteiger partial charge in [-0.25, -0.2) is 5.01 Å². The molecular formula is C24H29N3O3. The number of ether oxygens (including phenoxy) is 1. The molecule has 0 spiro atoms. The normalized spacial score (nSPS) is 15.9. The first-order chi connectivity index (χ1) is 14.3. The predicted molar refractivity (Wildman–Crippen MR) is 117 cm³/mol. The second-order valence-electron chi connectivity index (χ2n) is 7.99. The van der Waals surface area contributed by atoms with Crippen molar-refractivity contribution in [3.63, 3.8) is 0 Å². The van der Waals surface area contributed by atoms with Gasteiger partial charge in [0.25, 0.3) is 5.91 Å². The summed E-state index contributed by atoms with van der Waals surface area (Å²) in [6.45, 7) is 5.69. The van der Waals surface area contributed by atoms with Crippen LogP contribution in [0.2, 0.25) is 0 Å². The minimum Gasteiger partial charge on any atom is -0.497 e. The fourth-order valence-electron chi connectivity index (χ4n) is 3.54. The van der Waals surface area contributed by atoms with Crippen molar-refractivity contribution in [2.24, 2.45) is 11.0 Å². The molecule has 0 N–H and O–H groups in total. The van der Waals surface area contributed by atoms with E-state index in [2.05, 4.69) is 5.10 Å². The lowest BCUT2D eigenvalue weighted by molar-refractivity contribution is -0.142. The Bertz CT molecular complexity index is 933. The van der Waals surface area contributed by atoms with Crippen molar-refractivity contribution in [2.45, 2.75) is 33.2 Å². The number of amides is 2. The maximum Gasteiger partial charge on any atom is 0.262 e. The molecule has 2 amide bonds. The molecule has 1 atom stereocenters. The van der Waals surface area contributed by atoms with Gasteiger partial charge in [-0.15, -0.1) is 0 Å². The zero-order valence-electron chi connectivity index (χ0n) is 18.3. The summed E-state index contributed by atoms with van der Waals surface area (Å²) in [5.41, 5.74) is 3.98. The first-order valence-electron chi connectivity index (χ1n) is 10.2. The predicted octanol–water partition coefficient (Wildman–Crippen LogP) is 3.80. The smallest absolute Gasteiger partial charge is 0.262 e. The molecule has 1 heterocycles. The molecule has 2 aromatic carbocycles. The molecule has 0 aromatic heterocycles. The van der Waals surface area contributed by atoms with Gasteiger partial charge in [0.1, 0.15) is 12.3 Å². The number of hydrogen-bond donors (Lipinski definition) is 0. The van der Waals surface area contributed by atoms with Crippen molar-refractivity contribution < 1.29 is 14.3 Å². The number of methoxy groups -OCH3 is 1. The highest BCUT2D eigenvalue weighted by molar-refractivity contribution is 6.03. The van der Waals surface area contributed by atoms with Crippen molar-refractivity contribution in [3.8, 4) is 5.75 Å². The summed E-state index contributed by atoms with van der Waals surface area (Å²) in [4.78, 5) is 26.8. The van der Waals surface area contributed by atoms with Crippen LogP contribution in [0.4, 0.5) is 0 Å². The molecule has 1 unspecified atom stereocenters. The van der Waals surface area contributed by atoms with E-state index in [4.69, 9.17) is 4.74 Å². The third kappa shape index (κ3) is 4.70. The van der Waals surface area contributed by atoms with Gasteiger partial charge >= 0.3 is 0 Å². The number of rotatable bonds is 6. The number of benzene rings is 2. The standard InChI is InChI=1S/C24H29N3O3/c1-16(2)24(29)26(4)15-23(28)27-22(19-8-6-17(3)7-9-19)14-21(25-27)18-10-12-20(30-5)13-11-18/h6-13,16,22H,14-15H2,1-5H3. The number of aryl methyl sites for hydroxylation is 1. The lowest BCUT2D eigenvalue weighted by Crippen LogP contribution is -2.40. The average Bonchev–Trinajstić information content (AvgIpc) is 3.19. The van der Waals surface area contributed by atoms with E-state index in [1.54, 1.807) is 14.2 Å². The van der Waals surface area contributed by atoms with Gasteiger partial charge in [0.05, 0.1) is 18.9 Å². The van der Waals surface area contributed by atoms with E-state index in [-0.39, 0.29) is 30.3 Å². The van der Waals surface area contributed by atoms with E-state index in [1.165, 1.54) is 9.91 Å². The van der Waals surface area contributed by atoms with Gasteiger partial charge in [0.2, 0.25) is 5.91 Å². The number of hydrazone groups is 1. The number of carbonyl (C=O) groups is 2. The number of hydrogen-bond acceptors (Lipinski definition) is 4. The molecule has 1 aliphatic rings. The van der Waals surface area contributed by atoms with Gasteiger partial charge in [0.15, 0.2) is 0 Å². The Balaban J connectivity index is 1.88. The maximum atomic E-state index is 13.1. The van der Waals surface area contributed by atoms with Gasteiger partial charge in [0, 0.05) is 19.4 Å². The zero-order valence-corrected chi connectivity index (χ0v) is 18.3. The SMILES string of the molecule is COc1ccc(C2=NN(C(=O)CN(C)C(=O)C(C)C)C(c3ccc(C)cc3)C2)cc1. The minimum atomic E-state index is -0.197. The maximum absolute atomic E-state index is 13.1. The Labute approximate surface area is 178 Å². The molecule has 0 saturated heterocycles. The first kappa shape index (κ1) is 21.6. The van der Waals surface area contributed by atoms with Crippen molar-refractivity contribution in [1.29, 1.82) is 0 Å². The quantitative estimate of drug-likeness (QED) is 0.732. The van der Waals surface area contributed by atoms with E-state index in [0.717, 1.165) is 28.2 Å². The molecular weight excluding hydrogens is 378 g/mol. The van der Waals surface area contributed by atoms with Crippen molar-refractivity contribution in [2.75, 3.05) is 20.7 Å². The third-order valence-electron chi connectivity index (χ3n) is 5.29. The largest absolute Gasteiger partial charge is 0.497 e. The average molecular weight is 408 g/mol. The summed E-state index contributed by atoms with van der Waals surface area (Å²) in [6.07, 6.45) is 0.614. The van der Waals surface area contributed by atoms with E-state index in [0.29, 0.717) is 6.42 Å². The van der Waals surface area contributed by atoms with E-state index in [9.17, 15) is 9.59 Å². The Morgan fingerprint density at radius 3 is 2.33 bits per heavy atom. The van der Waals surface area contributed by atoms with Crippen LogP contribution in [-0.2, 0) is 9.59 Å². The van der Waals surface area contributed by atoms with Crippen LogP contribution in [0.15, 0.2) is 53.6 Å². The van der Waals surface area contributed by atoms with Gasteiger partial charge in [-0.2, -0.15) is 5.10 Å². The highest BCUT2D eigenvalue weighted by Gasteiger charge is 2.34. The Morgan fingerprint density at radius 1 is 1.13 bits per heavy atom. The van der Waals surface area contributed by atoms with Crippen LogP contribution < -0.4 is 4.74 Å². The Kier molecular flexibility index (Phi) is 6.55. The van der Waals surface area contributed by atoms with Gasteiger partial charge in [-0.05, 0) is 42.3 Å². The molecule has 3 rings (SSSR count). The summed E-state index contributed by atoms with van der Waals surface area (Å²) < 4.78 is 5.24. The van der Waals surface area contributed by atoms with Crippen LogP contribution >= 0.6 is 0 Å². The van der Waals surface area contributed by atoms with Crippen molar-refractivity contribution in [1.82, 2.24) is 9.91 Å². The Morgan fingerprint density at radius 2 is 1.77 bits per heavy atom. The van der Waals surface area contributed by atoms with Crippen LogP contribution in [0, 0.1) is 12.8 Å². The second-order valence-corrected chi connectivity index (χ2v) is 7.99. The topological polar surface area (TPSA) is 62.2 Å². The fraction of sp³-hybridized carbons (Fsp3) is 0.375. The molecule has 0 fully saturated rings. The highest BCUT2D eigenvalue weighted by Crippen LogP contribution is 2.33. The van der Waals surface area contributed by atoms with Gasteiger partial charge in [-0.1, -0.05) is 43.7 Å². The second kappa shape index (κ2) is 9.11. The van der Waals surface area contributed by atoms with Crippen LogP contribution in [0.1, 0.15) is 43.0 Å². The number of likely N-dealkylation sites (N-methyl/N-ethyl adjacent to an activating group) is 1. The van der Waals surface area contributed by atoms with Crippen LogP contribution in [0.3, 0.4) is 0 Å². The molecule has 2 aromatic rings. The van der Waals surface area contributed by atoms with E-state index < -0.39 is 0 Å². The molecule has 0 aliphatic carbocycles. The summed E-state index contributed by atoms with van der Waals surface area (Å²) in [5.74, 6) is 0.358. The van der Waals surface area contributed by atoms with Crippen LogP contribution in [-0.4, -0.2) is 48.1 Å². The fourth-order valence-corrected chi connectivity index (χ4v) is 3.54. The monoisotopic (exact) mass is 407 g/mol. The van der Waals surface area contributed by atoms with E-state index >= 15 is 0 Å². The van der Waals surface area contributed by atoms with Crippen LogP contribution in [0.5, 0.6) is 5.75 Å². The zero-order chi connectivity index (χ0) is 21.8.